The van der Waals surface area contributed by atoms with Crippen LogP contribution in [0.5, 0.6) is 17.2 Å². The lowest BCUT2D eigenvalue weighted by atomic mass is 9.93. The van der Waals surface area contributed by atoms with Crippen LogP contribution in [0.2, 0.25) is 5.02 Å². The van der Waals surface area contributed by atoms with Crippen molar-refractivity contribution in [3.8, 4) is 34.4 Å². The number of halogens is 1. The summed E-state index contributed by atoms with van der Waals surface area (Å²) in [5.41, 5.74) is 8.48. The SMILES string of the molecule is Cc1c(COc2cc(OCc3cncc(C#N)c3)c(CNCc3c[nH]cn3)cc2Cl)cccc1-c1cccc(OCCCN2CC[C@@H](O)C2)c1C. The zero-order valence-electron chi connectivity index (χ0n) is 29.0. The zero-order valence-corrected chi connectivity index (χ0v) is 29.7. The Kier molecular flexibility index (Phi) is 12.2. The van der Waals surface area contributed by atoms with Gasteiger partial charge < -0.3 is 34.5 Å². The van der Waals surface area contributed by atoms with E-state index in [1.165, 1.54) is 6.20 Å². The number of aliphatic hydroxyl groups is 1. The molecule has 1 aliphatic rings. The molecule has 264 valence electrons. The molecule has 3 heterocycles. The van der Waals surface area contributed by atoms with E-state index in [1.54, 1.807) is 18.6 Å². The molecule has 10 nitrogen and oxygen atoms in total. The number of aromatic amines is 1. The Morgan fingerprint density at radius 1 is 0.961 bits per heavy atom. The second-order valence-electron chi connectivity index (χ2n) is 12.8. The largest absolute Gasteiger partial charge is 0.493 e. The lowest BCUT2D eigenvalue weighted by Crippen LogP contribution is -2.24. The standard InChI is InChI=1S/C40H43ClN6O4/c1-27-31(6-3-7-35(27)36-8-4-9-38(28(36)2)49-13-5-11-47-12-10-34(48)23-47)25-51-40-16-39(50-24-30-14-29(17-42)18-43-19-30)32(15-37(40)41)20-44-21-33-22-45-26-46-33/h3-4,6-9,14-16,18-19,22,26,34,44,48H,5,10-13,20-21,23-25H2,1-2H3,(H,45,46)/t34-/m1/s1. The number of β-amino-alcohol motifs (C(OH)–C–C–N with tert-alkyl or cyclic N) is 1. The summed E-state index contributed by atoms with van der Waals surface area (Å²) in [6.07, 6.45) is 8.26. The number of rotatable bonds is 16. The molecule has 0 saturated carbocycles. The first-order valence-corrected chi connectivity index (χ1v) is 17.6. The van der Waals surface area contributed by atoms with Gasteiger partial charge in [0.15, 0.2) is 0 Å². The van der Waals surface area contributed by atoms with Crippen LogP contribution in [0, 0.1) is 25.2 Å². The molecule has 0 radical (unpaired) electrons. The minimum atomic E-state index is -0.201. The molecule has 0 amide bonds. The third kappa shape index (κ3) is 9.45. The number of aromatic nitrogens is 3. The number of nitrogens with one attached hydrogen (secondary N) is 2. The summed E-state index contributed by atoms with van der Waals surface area (Å²) < 4.78 is 18.9. The van der Waals surface area contributed by atoms with E-state index in [4.69, 9.17) is 25.8 Å². The molecule has 1 fully saturated rings. The molecule has 1 aliphatic heterocycles. The highest BCUT2D eigenvalue weighted by atomic mass is 35.5. The van der Waals surface area contributed by atoms with Gasteiger partial charge in [0, 0.05) is 68.5 Å². The van der Waals surface area contributed by atoms with Gasteiger partial charge in [0.1, 0.15) is 36.5 Å². The van der Waals surface area contributed by atoms with Gasteiger partial charge in [-0.2, -0.15) is 5.26 Å². The molecule has 11 heteroatoms. The smallest absolute Gasteiger partial charge is 0.142 e. The highest BCUT2D eigenvalue weighted by Gasteiger charge is 2.20. The third-order valence-electron chi connectivity index (χ3n) is 9.14. The fourth-order valence-corrected chi connectivity index (χ4v) is 6.54. The summed E-state index contributed by atoms with van der Waals surface area (Å²) >= 11 is 6.80. The highest BCUT2D eigenvalue weighted by molar-refractivity contribution is 6.32. The molecule has 1 atom stereocenters. The predicted octanol–water partition coefficient (Wildman–Crippen LogP) is 6.90. The van der Waals surface area contributed by atoms with Crippen LogP contribution in [0.3, 0.4) is 0 Å². The summed E-state index contributed by atoms with van der Waals surface area (Å²) in [5.74, 6) is 2.00. The van der Waals surface area contributed by atoms with Crippen molar-refractivity contribution in [2.24, 2.45) is 0 Å². The lowest BCUT2D eigenvalue weighted by Gasteiger charge is -2.19. The van der Waals surface area contributed by atoms with Crippen molar-refractivity contribution in [2.45, 2.75) is 59.1 Å². The molecule has 2 aromatic heterocycles. The maximum absolute atomic E-state index is 9.79. The van der Waals surface area contributed by atoms with Crippen molar-refractivity contribution in [3.05, 3.63) is 124 Å². The van der Waals surface area contributed by atoms with Gasteiger partial charge in [-0.15, -0.1) is 0 Å². The number of nitriles is 1. The molecule has 3 N–H and O–H groups in total. The first-order chi connectivity index (χ1) is 24.9. The summed E-state index contributed by atoms with van der Waals surface area (Å²) in [5, 5.41) is 23.0. The van der Waals surface area contributed by atoms with Gasteiger partial charge in [-0.25, -0.2) is 4.98 Å². The van der Waals surface area contributed by atoms with Crippen molar-refractivity contribution in [3.63, 3.8) is 0 Å². The van der Waals surface area contributed by atoms with Crippen LogP contribution in [0.1, 0.15) is 51.9 Å². The average Bonchev–Trinajstić information content (AvgIpc) is 3.82. The quantitative estimate of drug-likeness (QED) is 0.0939. The number of ether oxygens (including phenoxy) is 3. The second-order valence-corrected chi connectivity index (χ2v) is 13.2. The van der Waals surface area contributed by atoms with Crippen LogP contribution in [0.15, 0.2) is 79.5 Å². The number of hydrogen-bond donors (Lipinski definition) is 3. The van der Waals surface area contributed by atoms with Crippen molar-refractivity contribution >= 4 is 11.6 Å². The van der Waals surface area contributed by atoms with E-state index in [0.717, 1.165) is 82.9 Å². The van der Waals surface area contributed by atoms with Gasteiger partial charge in [0.2, 0.25) is 0 Å². The summed E-state index contributed by atoms with van der Waals surface area (Å²) in [7, 11) is 0. The molecular formula is C40H43ClN6O4. The maximum Gasteiger partial charge on any atom is 0.142 e. The van der Waals surface area contributed by atoms with E-state index in [1.807, 2.05) is 36.5 Å². The van der Waals surface area contributed by atoms with E-state index >= 15 is 0 Å². The van der Waals surface area contributed by atoms with Gasteiger partial charge >= 0.3 is 0 Å². The van der Waals surface area contributed by atoms with Crippen molar-refractivity contribution in [1.29, 1.82) is 5.26 Å². The summed E-state index contributed by atoms with van der Waals surface area (Å²) in [4.78, 5) is 13.7. The van der Waals surface area contributed by atoms with Gasteiger partial charge in [0.05, 0.1) is 35.3 Å². The van der Waals surface area contributed by atoms with Crippen molar-refractivity contribution < 1.29 is 19.3 Å². The number of likely N-dealkylation sites (tertiary alicyclic amines) is 1. The topological polar surface area (TPSA) is 129 Å². The second kappa shape index (κ2) is 17.3. The average molecular weight is 707 g/mol. The minimum Gasteiger partial charge on any atom is -0.493 e. The van der Waals surface area contributed by atoms with E-state index in [9.17, 15) is 10.4 Å². The molecular weight excluding hydrogens is 664 g/mol. The number of H-pyrrole nitrogens is 1. The number of aliphatic hydroxyl groups excluding tert-OH is 1. The van der Waals surface area contributed by atoms with Crippen LogP contribution in [-0.2, 0) is 26.3 Å². The number of pyridine rings is 1. The first kappa shape index (κ1) is 35.9. The Bertz CT molecular complexity index is 1960. The molecule has 0 unspecified atom stereocenters. The van der Waals surface area contributed by atoms with Crippen LogP contribution in [-0.4, -0.2) is 57.3 Å². The Hall–Kier alpha value is -4.92. The zero-order chi connectivity index (χ0) is 35.6. The Morgan fingerprint density at radius 3 is 2.57 bits per heavy atom. The van der Waals surface area contributed by atoms with Crippen LogP contribution in [0.25, 0.3) is 11.1 Å². The van der Waals surface area contributed by atoms with E-state index in [0.29, 0.717) is 48.4 Å². The summed E-state index contributed by atoms with van der Waals surface area (Å²) in [6.45, 7) is 9.05. The van der Waals surface area contributed by atoms with Gasteiger partial charge in [0.25, 0.3) is 0 Å². The van der Waals surface area contributed by atoms with Crippen molar-refractivity contribution in [2.75, 3.05) is 26.2 Å². The van der Waals surface area contributed by atoms with Crippen LogP contribution in [0.4, 0.5) is 0 Å². The van der Waals surface area contributed by atoms with Crippen LogP contribution < -0.4 is 19.5 Å². The molecule has 5 aromatic rings. The molecule has 0 bridgehead atoms. The number of hydrogen-bond acceptors (Lipinski definition) is 9. The molecule has 6 rings (SSSR count). The Balaban J connectivity index is 1.15. The maximum atomic E-state index is 9.79. The van der Waals surface area contributed by atoms with Gasteiger partial charge in [-0.3, -0.25) is 4.98 Å². The van der Waals surface area contributed by atoms with E-state index in [-0.39, 0.29) is 12.7 Å². The van der Waals surface area contributed by atoms with E-state index < -0.39 is 0 Å². The molecule has 51 heavy (non-hydrogen) atoms. The highest BCUT2D eigenvalue weighted by Crippen LogP contribution is 2.36. The molecule has 0 spiro atoms. The van der Waals surface area contributed by atoms with Gasteiger partial charge in [-0.05, 0) is 72.7 Å². The number of imidazole rings is 1. The molecule has 1 saturated heterocycles. The predicted molar refractivity (Wildman–Crippen MR) is 197 cm³/mol. The Morgan fingerprint density at radius 2 is 1.78 bits per heavy atom. The fraction of sp³-hybridized carbons (Fsp3) is 0.325. The number of benzene rings is 3. The summed E-state index contributed by atoms with van der Waals surface area (Å²) in [6, 6.07) is 20.0. The third-order valence-corrected chi connectivity index (χ3v) is 9.43. The first-order valence-electron chi connectivity index (χ1n) is 17.2. The lowest BCUT2D eigenvalue weighted by molar-refractivity contribution is 0.173. The van der Waals surface area contributed by atoms with Crippen molar-refractivity contribution in [1.82, 2.24) is 25.2 Å². The van der Waals surface area contributed by atoms with Crippen LogP contribution >= 0.6 is 11.6 Å². The molecule has 3 aromatic carbocycles. The monoisotopic (exact) mass is 706 g/mol. The minimum absolute atomic E-state index is 0.201. The van der Waals surface area contributed by atoms with Gasteiger partial charge in [-0.1, -0.05) is 41.9 Å². The normalized spacial score (nSPS) is 14.4. The molecule has 0 aliphatic carbocycles. The van der Waals surface area contributed by atoms with E-state index in [2.05, 4.69) is 63.3 Å². The Labute approximate surface area is 304 Å². The fourth-order valence-electron chi connectivity index (χ4n) is 6.30. The number of nitrogens with zero attached hydrogens (tertiary/aromatic N) is 4.